The van der Waals surface area contributed by atoms with E-state index in [0.717, 1.165) is 36.6 Å². The number of carbonyl (C=O) groups is 3. The maximum absolute atomic E-state index is 13.5. The van der Waals surface area contributed by atoms with Crippen molar-refractivity contribution < 1.29 is 19.1 Å². The highest BCUT2D eigenvalue weighted by atomic mass is 32.2. The number of Topliss-reactive ketones (excluding diaryl/α,β-unsaturated/α-hetero) is 1. The van der Waals surface area contributed by atoms with E-state index >= 15 is 0 Å². The van der Waals surface area contributed by atoms with Gasteiger partial charge in [0.15, 0.2) is 5.78 Å². The summed E-state index contributed by atoms with van der Waals surface area (Å²) in [6.45, 7) is 4.91. The number of amides is 3. The van der Waals surface area contributed by atoms with E-state index in [1.807, 2.05) is 30.4 Å². The third kappa shape index (κ3) is 7.94. The minimum atomic E-state index is -1.09. The van der Waals surface area contributed by atoms with Crippen molar-refractivity contribution in [3.63, 3.8) is 0 Å². The summed E-state index contributed by atoms with van der Waals surface area (Å²) in [6, 6.07) is 3.05. The van der Waals surface area contributed by atoms with Crippen LogP contribution in [0.3, 0.4) is 0 Å². The Balaban J connectivity index is 1.75. The van der Waals surface area contributed by atoms with E-state index in [4.69, 9.17) is 4.74 Å². The lowest BCUT2D eigenvalue weighted by molar-refractivity contribution is -0.131. The quantitative estimate of drug-likeness (QED) is 0.448. The first-order valence-electron chi connectivity index (χ1n) is 12.2. The molecule has 1 unspecified atom stereocenters. The maximum atomic E-state index is 13.5. The normalized spacial score (nSPS) is 19.4. The van der Waals surface area contributed by atoms with Crippen molar-refractivity contribution in [3.8, 4) is 0 Å². The first-order valence-corrected chi connectivity index (χ1v) is 14.1. The zero-order chi connectivity index (χ0) is 25.4. The number of hydrogen-bond acceptors (Lipinski definition) is 8. The number of carbonyl (C=O) groups excluding carboxylic acids is 3. The number of thiophene rings is 1. The van der Waals surface area contributed by atoms with Crippen molar-refractivity contribution >= 4 is 46.0 Å². The fourth-order valence-electron chi connectivity index (χ4n) is 3.98. The molecule has 2 N–H and O–H groups in total. The molecule has 1 aliphatic carbocycles. The number of hydrogen-bond donors (Lipinski definition) is 2. The number of urea groups is 1. The Bertz CT molecular complexity index is 898. The van der Waals surface area contributed by atoms with Gasteiger partial charge >= 0.3 is 6.03 Å². The van der Waals surface area contributed by atoms with Gasteiger partial charge in [-0.25, -0.2) is 4.79 Å². The molecule has 1 aromatic rings. The van der Waals surface area contributed by atoms with Crippen LogP contribution in [0.2, 0.25) is 0 Å². The van der Waals surface area contributed by atoms with Crippen molar-refractivity contribution in [1.29, 1.82) is 0 Å². The highest BCUT2D eigenvalue weighted by Crippen LogP contribution is 2.29. The van der Waals surface area contributed by atoms with Gasteiger partial charge in [-0.3, -0.25) is 9.59 Å². The van der Waals surface area contributed by atoms with Crippen molar-refractivity contribution in [1.82, 2.24) is 20.5 Å². The van der Waals surface area contributed by atoms with Crippen molar-refractivity contribution in [2.45, 2.75) is 70.7 Å². The third-order valence-corrected chi connectivity index (χ3v) is 7.67. The second kappa shape index (κ2) is 12.7. The Morgan fingerprint density at radius 3 is 2.63 bits per heavy atom. The molecule has 2 aliphatic rings. The molecular weight excluding hydrogens is 486 g/mol. The van der Waals surface area contributed by atoms with Crippen LogP contribution in [0.15, 0.2) is 22.6 Å². The lowest BCUT2D eigenvalue weighted by atomic mass is 9.88. The summed E-state index contributed by atoms with van der Waals surface area (Å²) in [7, 11) is 3.95. The molecule has 1 atom stereocenters. The van der Waals surface area contributed by atoms with Gasteiger partial charge in [-0.05, 0) is 63.6 Å². The Kier molecular flexibility index (Phi) is 9.99. The van der Waals surface area contributed by atoms with Gasteiger partial charge in [-0.1, -0.05) is 38.1 Å². The fraction of sp³-hybridized carbons (Fsp3) is 0.667. The molecule has 2 heterocycles. The Morgan fingerprint density at radius 2 is 2.00 bits per heavy atom. The maximum Gasteiger partial charge on any atom is 0.343 e. The Morgan fingerprint density at radius 1 is 1.26 bits per heavy atom. The number of nitrogens with zero attached hydrogens (tertiary/aromatic N) is 3. The Labute approximate surface area is 216 Å². The summed E-state index contributed by atoms with van der Waals surface area (Å²) >= 11 is 2.73. The monoisotopic (exact) mass is 523 g/mol. The molecule has 0 spiro atoms. The summed E-state index contributed by atoms with van der Waals surface area (Å²) in [4.78, 5) is 42.0. The van der Waals surface area contributed by atoms with Crippen LogP contribution in [0.1, 0.15) is 68.5 Å². The molecule has 9 nitrogen and oxygen atoms in total. The lowest BCUT2D eigenvalue weighted by Crippen LogP contribution is -2.63. The first-order chi connectivity index (χ1) is 16.7. The standard InChI is InChI=1S/C24H37N5O4S2/c1-17(2)10-11-18(30)21-29(27-23(33-21)35-16-14-28(3)4)22(32)26-24(12-6-5-7-13-24)25-20(31)19-9-8-15-34-19/h8-9,15,17,21H,5-7,10-14,16H2,1-4H3,(H,25,31)(H,26,32). The average molecular weight is 524 g/mol. The van der Waals surface area contributed by atoms with Crippen molar-refractivity contribution in [2.75, 3.05) is 26.4 Å². The van der Waals surface area contributed by atoms with Gasteiger partial charge in [0.2, 0.25) is 0 Å². The molecule has 1 fully saturated rings. The van der Waals surface area contributed by atoms with Crippen LogP contribution in [0.5, 0.6) is 0 Å². The van der Waals surface area contributed by atoms with Gasteiger partial charge in [-0.2, -0.15) is 5.01 Å². The number of nitrogens with one attached hydrogen (secondary N) is 2. The highest BCUT2D eigenvalue weighted by molar-refractivity contribution is 8.13. The zero-order valence-electron chi connectivity index (χ0n) is 21.0. The number of rotatable bonds is 10. The Hall–Kier alpha value is -2.11. The number of thioether (sulfide) groups is 1. The zero-order valence-corrected chi connectivity index (χ0v) is 22.7. The van der Waals surface area contributed by atoms with E-state index in [0.29, 0.717) is 41.7 Å². The molecule has 1 aliphatic heterocycles. The number of ether oxygens (including phenoxy) is 1. The van der Waals surface area contributed by atoms with Gasteiger partial charge < -0.3 is 20.3 Å². The van der Waals surface area contributed by atoms with E-state index in [9.17, 15) is 14.4 Å². The minimum absolute atomic E-state index is 0.180. The molecule has 0 radical (unpaired) electrons. The summed E-state index contributed by atoms with van der Waals surface area (Å²) in [5.41, 5.74) is -0.891. The third-order valence-electron chi connectivity index (χ3n) is 5.99. The first kappa shape index (κ1) is 27.5. The number of ketones is 1. The van der Waals surface area contributed by atoms with Crippen LogP contribution >= 0.6 is 23.1 Å². The van der Waals surface area contributed by atoms with Crippen LogP contribution in [-0.2, 0) is 9.53 Å². The van der Waals surface area contributed by atoms with Crippen LogP contribution < -0.4 is 10.6 Å². The average Bonchev–Trinajstić information content (AvgIpc) is 3.48. The molecule has 0 saturated heterocycles. The van der Waals surface area contributed by atoms with Gasteiger partial charge in [-0.15, -0.1) is 16.4 Å². The highest BCUT2D eigenvalue weighted by Gasteiger charge is 2.42. The molecule has 35 heavy (non-hydrogen) atoms. The van der Waals surface area contributed by atoms with E-state index in [-0.39, 0.29) is 11.7 Å². The van der Waals surface area contributed by atoms with E-state index in [1.165, 1.54) is 23.1 Å². The second-order valence-corrected chi connectivity index (χ2v) is 11.7. The van der Waals surface area contributed by atoms with Gasteiger partial charge in [0.05, 0.1) is 4.88 Å². The summed E-state index contributed by atoms with van der Waals surface area (Å²) in [5, 5.41) is 13.7. The fourth-order valence-corrected chi connectivity index (χ4v) is 5.54. The molecular formula is C24H37N5O4S2. The molecule has 0 bridgehead atoms. The van der Waals surface area contributed by atoms with Gasteiger partial charge in [0.1, 0.15) is 5.66 Å². The lowest BCUT2D eigenvalue weighted by Gasteiger charge is -2.39. The van der Waals surface area contributed by atoms with Crippen LogP contribution in [0, 0.1) is 5.92 Å². The van der Waals surface area contributed by atoms with Gasteiger partial charge in [0.25, 0.3) is 17.4 Å². The molecule has 0 aromatic carbocycles. The largest absolute Gasteiger partial charge is 0.438 e. The summed E-state index contributed by atoms with van der Waals surface area (Å²) in [5.74, 6) is 0.680. The summed E-state index contributed by atoms with van der Waals surface area (Å²) in [6.07, 6.45) is 3.95. The van der Waals surface area contributed by atoms with Crippen molar-refractivity contribution in [2.24, 2.45) is 11.0 Å². The van der Waals surface area contributed by atoms with Crippen LogP contribution in [-0.4, -0.2) is 71.1 Å². The summed E-state index contributed by atoms with van der Waals surface area (Å²) < 4.78 is 5.86. The van der Waals surface area contributed by atoms with Crippen LogP contribution in [0.25, 0.3) is 0 Å². The number of hydrazone groups is 1. The second-order valence-electron chi connectivity index (χ2n) is 9.74. The predicted octanol–water partition coefficient (Wildman–Crippen LogP) is 4.08. The van der Waals surface area contributed by atoms with E-state index in [2.05, 4.69) is 29.6 Å². The van der Waals surface area contributed by atoms with Crippen molar-refractivity contribution in [3.05, 3.63) is 22.4 Å². The molecule has 1 saturated carbocycles. The SMILES string of the molecule is CC(C)CCC(=O)C1OC(SCCN(C)C)=NN1C(=O)NC1(NC(=O)c2cccs2)CCCCC1. The molecule has 11 heteroatoms. The topological polar surface area (TPSA) is 103 Å². The molecule has 3 amide bonds. The van der Waals surface area contributed by atoms with Crippen LogP contribution in [0.4, 0.5) is 4.79 Å². The molecule has 3 rings (SSSR count). The van der Waals surface area contributed by atoms with Gasteiger partial charge in [0, 0.05) is 18.7 Å². The molecule has 1 aromatic heterocycles. The smallest absolute Gasteiger partial charge is 0.343 e. The minimum Gasteiger partial charge on any atom is -0.438 e. The van der Waals surface area contributed by atoms with E-state index < -0.39 is 17.9 Å². The molecule has 194 valence electrons. The predicted molar refractivity (Wildman–Crippen MR) is 140 cm³/mol. The van der Waals surface area contributed by atoms with E-state index in [1.54, 1.807) is 6.07 Å².